The van der Waals surface area contributed by atoms with Gasteiger partial charge in [0.2, 0.25) is 17.9 Å². The second-order valence-electron chi connectivity index (χ2n) is 4.34. The minimum Gasteiger partial charge on any atom is -0.492 e. The van der Waals surface area contributed by atoms with Crippen LogP contribution in [0, 0.1) is 0 Å². The third kappa shape index (κ3) is 2.58. The van der Waals surface area contributed by atoms with Gasteiger partial charge in [0, 0.05) is 13.0 Å². The van der Waals surface area contributed by atoms with Crippen LogP contribution >= 0.6 is 0 Å². The quantitative estimate of drug-likeness (QED) is 0.640. The first-order chi connectivity index (χ1) is 8.65. The van der Waals surface area contributed by atoms with E-state index in [-0.39, 0.29) is 18.2 Å². The van der Waals surface area contributed by atoms with Crippen molar-refractivity contribution in [2.75, 3.05) is 20.2 Å². The molecule has 0 aliphatic carbocycles. The average Bonchev–Trinajstić information content (AvgIpc) is 2.70. The molecule has 0 spiro atoms. The number of methoxy groups -OCH3 is 1. The lowest BCUT2D eigenvalue weighted by molar-refractivity contribution is -0.0137. The number of nitrogens with zero attached hydrogens (tertiary/aromatic N) is 2. The molecule has 2 rings (SSSR count). The van der Waals surface area contributed by atoms with Crippen LogP contribution in [0.5, 0.6) is 0 Å². The van der Waals surface area contributed by atoms with Crippen LogP contribution in [0.4, 0.5) is 0 Å². The molecule has 2 aliphatic heterocycles. The summed E-state index contributed by atoms with van der Waals surface area (Å²) in [4.78, 5) is 6.26. The fourth-order valence-corrected chi connectivity index (χ4v) is 2.25. The van der Waals surface area contributed by atoms with Crippen LogP contribution in [-0.4, -0.2) is 55.0 Å². The molecule has 18 heavy (non-hydrogen) atoms. The summed E-state index contributed by atoms with van der Waals surface area (Å²) in [6.45, 7) is 3.74. The first kappa shape index (κ1) is 13.1. The molecule has 1 fully saturated rings. The predicted molar refractivity (Wildman–Crippen MR) is 66.8 cm³/mol. The van der Waals surface area contributed by atoms with E-state index in [1.54, 1.807) is 0 Å². The summed E-state index contributed by atoms with van der Waals surface area (Å²) in [5.74, 6) is 0.230. The molecule has 2 heterocycles. The predicted octanol–water partition coefficient (Wildman–Crippen LogP) is -0.287. The smallest absolute Gasteiger partial charge is 0.233 e. The van der Waals surface area contributed by atoms with E-state index in [4.69, 9.17) is 15.2 Å². The van der Waals surface area contributed by atoms with Crippen molar-refractivity contribution >= 4 is 6.34 Å². The summed E-state index contributed by atoms with van der Waals surface area (Å²) in [5, 5.41) is 12.2. The summed E-state index contributed by atoms with van der Waals surface area (Å²) in [7, 11) is 1.48. The molecule has 0 aromatic heterocycles. The van der Waals surface area contributed by atoms with Gasteiger partial charge in [-0.1, -0.05) is 6.92 Å². The van der Waals surface area contributed by atoms with Crippen molar-refractivity contribution in [3.63, 3.8) is 0 Å². The van der Waals surface area contributed by atoms with Crippen molar-refractivity contribution < 1.29 is 14.6 Å². The summed E-state index contributed by atoms with van der Waals surface area (Å²) < 4.78 is 10.9. The van der Waals surface area contributed by atoms with E-state index in [1.807, 2.05) is 0 Å². The van der Waals surface area contributed by atoms with Gasteiger partial charge in [-0.3, -0.25) is 4.90 Å². The molecule has 0 saturated carbocycles. The van der Waals surface area contributed by atoms with Crippen LogP contribution in [0.3, 0.4) is 0 Å². The van der Waals surface area contributed by atoms with Gasteiger partial charge in [-0.2, -0.15) is 0 Å². The van der Waals surface area contributed by atoms with Gasteiger partial charge in [0.15, 0.2) is 0 Å². The summed E-state index contributed by atoms with van der Waals surface area (Å²) in [6, 6.07) is 0. The highest BCUT2D eigenvalue weighted by molar-refractivity contribution is 5.59. The van der Waals surface area contributed by atoms with E-state index < -0.39 is 6.23 Å². The molecule has 0 amide bonds. The number of likely N-dealkylation sites (N-methyl/N-ethyl adjacent to an activating group) is 1. The van der Waals surface area contributed by atoms with Crippen molar-refractivity contribution in [2.24, 2.45) is 10.7 Å². The third-order valence-corrected chi connectivity index (χ3v) is 3.23. The topological polar surface area (TPSA) is 92.3 Å². The van der Waals surface area contributed by atoms with E-state index in [1.165, 1.54) is 13.4 Å². The monoisotopic (exact) mass is 256 g/mol. The van der Waals surface area contributed by atoms with Gasteiger partial charge >= 0.3 is 0 Å². The van der Waals surface area contributed by atoms with Crippen LogP contribution in [0.15, 0.2) is 16.6 Å². The number of rotatable bonds is 4. The average molecular weight is 256 g/mol. The van der Waals surface area contributed by atoms with E-state index in [2.05, 4.69) is 22.1 Å². The largest absolute Gasteiger partial charge is 0.492 e. The molecule has 0 bridgehead atoms. The number of ether oxygens (including phenoxy) is 2. The molecule has 2 aliphatic rings. The van der Waals surface area contributed by atoms with Crippen molar-refractivity contribution in [1.29, 1.82) is 0 Å². The maximum atomic E-state index is 9.60. The van der Waals surface area contributed by atoms with E-state index in [0.29, 0.717) is 5.76 Å². The fraction of sp³-hybridized carbons (Fsp3) is 0.727. The van der Waals surface area contributed by atoms with Crippen molar-refractivity contribution in [3.05, 3.63) is 11.6 Å². The summed E-state index contributed by atoms with van der Waals surface area (Å²) in [6.07, 6.45) is 1.57. The zero-order valence-corrected chi connectivity index (χ0v) is 10.7. The zero-order chi connectivity index (χ0) is 13.1. The van der Waals surface area contributed by atoms with Gasteiger partial charge in [-0.05, 0) is 6.54 Å². The molecule has 7 nitrogen and oxygen atoms in total. The number of hydrogen-bond donors (Lipinski definition) is 3. The molecule has 7 heteroatoms. The van der Waals surface area contributed by atoms with Crippen molar-refractivity contribution in [3.8, 4) is 0 Å². The fourth-order valence-electron chi connectivity index (χ4n) is 2.25. The lowest BCUT2D eigenvalue weighted by Gasteiger charge is -2.23. The zero-order valence-electron chi connectivity index (χ0n) is 10.7. The minimum atomic E-state index is -0.606. The van der Waals surface area contributed by atoms with Crippen molar-refractivity contribution in [1.82, 2.24) is 10.2 Å². The Morgan fingerprint density at radius 2 is 2.44 bits per heavy atom. The van der Waals surface area contributed by atoms with Crippen LogP contribution in [0.1, 0.15) is 13.3 Å². The standard InChI is InChI=1S/C11H20N4O3/c1-3-15-5-7(4-8(15)12)18-11-9(17-2)10(16)13-6-14-11/h6-8,11,16H,3-5,12H2,1-2H3,(H,13,14)/t7?,8-,11?/m0/s1. The van der Waals surface area contributed by atoms with Gasteiger partial charge in [0.25, 0.3) is 0 Å². The maximum absolute atomic E-state index is 9.60. The lowest BCUT2D eigenvalue weighted by Crippen LogP contribution is -2.36. The second-order valence-corrected chi connectivity index (χ2v) is 4.34. The Kier molecular flexibility index (Phi) is 4.05. The minimum absolute atomic E-state index is 0.00171. The van der Waals surface area contributed by atoms with Gasteiger partial charge in [-0.25, -0.2) is 4.99 Å². The highest BCUT2D eigenvalue weighted by atomic mass is 16.6. The Balaban J connectivity index is 1.97. The van der Waals surface area contributed by atoms with Gasteiger partial charge in [-0.15, -0.1) is 0 Å². The first-order valence-electron chi connectivity index (χ1n) is 6.06. The Morgan fingerprint density at radius 1 is 1.67 bits per heavy atom. The van der Waals surface area contributed by atoms with Crippen LogP contribution in [0.2, 0.25) is 0 Å². The Bertz CT molecular complexity index is 358. The van der Waals surface area contributed by atoms with Crippen molar-refractivity contribution in [2.45, 2.75) is 31.8 Å². The number of aliphatic hydroxyl groups is 1. The van der Waals surface area contributed by atoms with E-state index in [9.17, 15) is 5.11 Å². The highest BCUT2D eigenvalue weighted by Crippen LogP contribution is 2.22. The Morgan fingerprint density at radius 3 is 3.06 bits per heavy atom. The maximum Gasteiger partial charge on any atom is 0.233 e. The SMILES string of the molecule is CCN1CC(OC2N=CNC(O)=C2OC)C[C@H]1N. The number of nitrogens with one attached hydrogen (secondary N) is 1. The molecular formula is C11H20N4O3. The second kappa shape index (κ2) is 5.55. The number of nitrogens with two attached hydrogens (primary N) is 1. The molecule has 2 unspecified atom stereocenters. The lowest BCUT2D eigenvalue weighted by atomic mass is 10.3. The molecule has 0 aromatic carbocycles. The number of hydrogen-bond acceptors (Lipinski definition) is 7. The number of aliphatic hydroxyl groups excluding tert-OH is 1. The molecule has 0 aromatic rings. The summed E-state index contributed by atoms with van der Waals surface area (Å²) >= 11 is 0. The Labute approximate surface area is 106 Å². The molecule has 1 saturated heterocycles. The number of aliphatic imine (C=N–C) groups is 1. The molecule has 3 atom stereocenters. The first-order valence-corrected chi connectivity index (χ1v) is 6.06. The number of likely N-dealkylation sites (tertiary alicyclic amines) is 1. The van der Waals surface area contributed by atoms with E-state index >= 15 is 0 Å². The molecule has 0 radical (unpaired) electrons. The normalized spacial score (nSPS) is 32.7. The van der Waals surface area contributed by atoms with Crippen LogP contribution in [-0.2, 0) is 9.47 Å². The van der Waals surface area contributed by atoms with Crippen LogP contribution in [0.25, 0.3) is 0 Å². The summed E-state index contributed by atoms with van der Waals surface area (Å²) in [5.41, 5.74) is 5.98. The van der Waals surface area contributed by atoms with E-state index in [0.717, 1.165) is 19.5 Å². The van der Waals surface area contributed by atoms with Gasteiger partial charge in [0.05, 0.1) is 25.7 Å². The Hall–Kier alpha value is -1.31. The highest BCUT2D eigenvalue weighted by Gasteiger charge is 2.33. The third-order valence-electron chi connectivity index (χ3n) is 3.23. The molecular weight excluding hydrogens is 236 g/mol. The molecule has 4 N–H and O–H groups in total. The van der Waals surface area contributed by atoms with Gasteiger partial charge in [0.1, 0.15) is 0 Å². The van der Waals surface area contributed by atoms with Crippen LogP contribution < -0.4 is 11.1 Å². The van der Waals surface area contributed by atoms with Gasteiger partial charge < -0.3 is 25.6 Å². The molecule has 102 valence electrons.